The molecule has 4 heteroatoms. The molecule has 0 amide bonds. The summed E-state index contributed by atoms with van der Waals surface area (Å²) in [7, 11) is 0. The third-order valence-corrected chi connectivity index (χ3v) is 12.5. The number of aromatic nitrogens is 2. The monoisotopic (exact) mass is 818 g/mol. The van der Waals surface area contributed by atoms with Crippen molar-refractivity contribution in [2.75, 3.05) is 9.80 Å². The van der Waals surface area contributed by atoms with Gasteiger partial charge in [-0.15, -0.1) is 0 Å². The minimum Gasteiger partial charge on any atom is -0.310 e. The molecule has 9 aromatic carbocycles. The molecule has 2 aromatic heterocycles. The van der Waals surface area contributed by atoms with Gasteiger partial charge in [0.2, 0.25) is 0 Å². The molecule has 0 saturated carbocycles. The molecule has 0 N–H and O–H groups in total. The summed E-state index contributed by atoms with van der Waals surface area (Å²) in [6, 6.07) is 83.0. The number of hydrogen-bond acceptors (Lipinski definition) is 2. The zero-order valence-electron chi connectivity index (χ0n) is 35.1. The van der Waals surface area contributed by atoms with Crippen LogP contribution in [-0.2, 0) is 0 Å². The number of rotatable bonds is 9. The fourth-order valence-electron chi connectivity index (χ4n) is 9.61. The van der Waals surface area contributed by atoms with E-state index in [9.17, 15) is 0 Å². The van der Waals surface area contributed by atoms with Gasteiger partial charge in [-0.05, 0) is 151 Å². The molecule has 0 saturated heterocycles. The third-order valence-electron chi connectivity index (χ3n) is 12.5. The van der Waals surface area contributed by atoms with E-state index in [-0.39, 0.29) is 0 Å². The van der Waals surface area contributed by atoms with Gasteiger partial charge in [0.15, 0.2) is 0 Å². The molecule has 11 aromatic rings. The summed E-state index contributed by atoms with van der Waals surface area (Å²) in [5.41, 5.74) is 15.9. The minimum atomic E-state index is 1.04. The lowest BCUT2D eigenvalue weighted by atomic mass is 10.0. The topological polar surface area (TPSA) is 16.3 Å². The van der Waals surface area contributed by atoms with E-state index in [4.69, 9.17) is 0 Å². The smallest absolute Gasteiger partial charge is 0.105 e. The highest BCUT2D eigenvalue weighted by atomic mass is 15.1. The second-order valence-corrected chi connectivity index (χ2v) is 16.3. The third kappa shape index (κ3) is 6.42. The molecular weight excluding hydrogens is 777 g/mol. The molecule has 1 aliphatic carbocycles. The van der Waals surface area contributed by atoms with Crippen molar-refractivity contribution >= 4 is 83.4 Å². The molecule has 0 radical (unpaired) electrons. The predicted octanol–water partition coefficient (Wildman–Crippen LogP) is 16.3. The first-order valence-electron chi connectivity index (χ1n) is 22.0. The molecule has 0 spiro atoms. The minimum absolute atomic E-state index is 1.04. The highest BCUT2D eigenvalue weighted by molar-refractivity contribution is 6.12. The Morgan fingerprint density at radius 1 is 0.391 bits per heavy atom. The SMILES string of the molecule is c1ccc2c3cc(N(c4ccccc4)c4ccc(-c5ccc(N(c6ccccc6)c6ccc7c(c6)c6ccccc6n7-c6ccccc6)cc5)cc4)ccc3n(C3=CCCC=C3)c2c#1. The predicted molar refractivity (Wildman–Crippen MR) is 269 cm³/mol. The second kappa shape index (κ2) is 15.7. The Hall–Kier alpha value is -8.52. The first kappa shape index (κ1) is 37.3. The van der Waals surface area contributed by atoms with E-state index in [0.717, 1.165) is 69.3 Å². The van der Waals surface area contributed by atoms with Crippen LogP contribution in [0.1, 0.15) is 12.8 Å². The van der Waals surface area contributed by atoms with Gasteiger partial charge in [0.25, 0.3) is 0 Å². The molecule has 64 heavy (non-hydrogen) atoms. The Bertz CT molecular complexity index is 3520. The summed E-state index contributed by atoms with van der Waals surface area (Å²) >= 11 is 0. The maximum absolute atomic E-state index is 3.43. The van der Waals surface area contributed by atoms with Gasteiger partial charge in [-0.1, -0.05) is 115 Å². The first-order chi connectivity index (χ1) is 31.8. The Labute approximate surface area is 373 Å². The summed E-state index contributed by atoms with van der Waals surface area (Å²) < 4.78 is 4.70. The van der Waals surface area contributed by atoms with E-state index in [2.05, 4.69) is 256 Å². The van der Waals surface area contributed by atoms with Gasteiger partial charge in [-0.3, -0.25) is 0 Å². The van der Waals surface area contributed by atoms with Crippen LogP contribution >= 0.6 is 0 Å². The zero-order valence-corrected chi connectivity index (χ0v) is 35.1. The number of benzene rings is 8. The van der Waals surface area contributed by atoms with E-state index in [0.29, 0.717) is 0 Å². The Balaban J connectivity index is 0.899. The Morgan fingerprint density at radius 3 is 1.48 bits per heavy atom. The molecule has 0 bridgehead atoms. The van der Waals surface area contributed by atoms with E-state index < -0.39 is 0 Å². The quantitative estimate of drug-likeness (QED) is 0.144. The molecule has 12 rings (SSSR count). The summed E-state index contributed by atoms with van der Waals surface area (Å²) in [5.74, 6) is 0. The van der Waals surface area contributed by atoms with Crippen molar-refractivity contribution in [2.45, 2.75) is 12.8 Å². The van der Waals surface area contributed by atoms with Crippen molar-refractivity contribution in [3.8, 4) is 16.8 Å². The van der Waals surface area contributed by atoms with Crippen molar-refractivity contribution in [3.63, 3.8) is 0 Å². The summed E-state index contributed by atoms with van der Waals surface area (Å²) in [6.07, 6.45) is 8.93. The normalized spacial score (nSPS) is 12.5. The van der Waals surface area contributed by atoms with Crippen LogP contribution in [0.5, 0.6) is 0 Å². The van der Waals surface area contributed by atoms with Crippen molar-refractivity contribution in [1.82, 2.24) is 9.13 Å². The Kier molecular flexibility index (Phi) is 9.17. The van der Waals surface area contributed by atoms with Gasteiger partial charge < -0.3 is 18.9 Å². The maximum Gasteiger partial charge on any atom is 0.105 e. The average molecular weight is 819 g/mol. The number of allylic oxidation sites excluding steroid dienone is 4. The number of fused-ring (bicyclic) bond motifs is 6. The van der Waals surface area contributed by atoms with Crippen LogP contribution in [0.3, 0.4) is 0 Å². The van der Waals surface area contributed by atoms with Crippen LogP contribution in [0.2, 0.25) is 0 Å². The standard InChI is InChI=1S/C60H42N4/c1-5-17-45(18-6-1)61(51-37-39-59-55(41-51)53-25-13-15-27-57(53)63(59)47-21-9-3-10-22-47)49-33-29-43(30-34-49)44-31-35-50(36-32-44)62(46-19-7-2-8-20-46)52-38-40-60-56(42-52)54-26-14-16-28-58(54)64(60)48-23-11-4-12-24-48/h1-3,5-11,13-15,17-27,29-42H,4,12H2. The maximum atomic E-state index is 3.43. The van der Waals surface area contributed by atoms with Crippen molar-refractivity contribution in [2.24, 2.45) is 0 Å². The highest BCUT2D eigenvalue weighted by Crippen LogP contribution is 2.42. The Morgan fingerprint density at radius 2 is 0.891 bits per heavy atom. The van der Waals surface area contributed by atoms with E-state index in [1.54, 1.807) is 0 Å². The fraction of sp³-hybridized carbons (Fsp3) is 0.0333. The van der Waals surface area contributed by atoms with E-state index in [1.165, 1.54) is 43.8 Å². The van der Waals surface area contributed by atoms with Crippen molar-refractivity contribution < 1.29 is 0 Å². The lowest BCUT2D eigenvalue weighted by Crippen LogP contribution is -2.10. The molecule has 0 atom stereocenters. The molecular formula is C60H42N4. The van der Waals surface area contributed by atoms with Gasteiger partial charge in [0.1, 0.15) is 5.52 Å². The van der Waals surface area contributed by atoms with Crippen molar-refractivity contribution in [1.29, 1.82) is 0 Å². The number of anilines is 6. The van der Waals surface area contributed by atoms with Crippen LogP contribution in [0.4, 0.5) is 34.1 Å². The largest absolute Gasteiger partial charge is 0.310 e. The summed E-state index contributed by atoms with van der Waals surface area (Å²) in [5, 5.41) is 4.82. The van der Waals surface area contributed by atoms with Crippen LogP contribution in [0.25, 0.3) is 66.1 Å². The number of para-hydroxylation sites is 4. The lowest BCUT2D eigenvalue weighted by Gasteiger charge is -2.26. The summed E-state index contributed by atoms with van der Waals surface area (Å²) in [4.78, 5) is 4.70. The fourth-order valence-corrected chi connectivity index (χ4v) is 9.61. The molecule has 0 aliphatic heterocycles. The van der Waals surface area contributed by atoms with Gasteiger partial charge >= 0.3 is 0 Å². The van der Waals surface area contributed by atoms with Crippen LogP contribution in [0.15, 0.2) is 231 Å². The number of hydrogen-bond donors (Lipinski definition) is 0. The van der Waals surface area contributed by atoms with Crippen molar-refractivity contribution in [3.05, 3.63) is 243 Å². The average Bonchev–Trinajstić information content (AvgIpc) is 3.88. The molecule has 0 fully saturated rings. The summed E-state index contributed by atoms with van der Waals surface area (Å²) in [6.45, 7) is 0. The van der Waals surface area contributed by atoms with Crippen LogP contribution < -0.4 is 9.80 Å². The number of nitrogens with zero attached hydrogens (tertiary/aromatic N) is 4. The lowest BCUT2D eigenvalue weighted by molar-refractivity contribution is 1.02. The van der Waals surface area contributed by atoms with Crippen LogP contribution in [0, 0.1) is 12.1 Å². The first-order valence-corrected chi connectivity index (χ1v) is 22.0. The molecule has 4 nitrogen and oxygen atoms in total. The van der Waals surface area contributed by atoms with Gasteiger partial charge in [0, 0.05) is 67.1 Å². The second-order valence-electron chi connectivity index (χ2n) is 16.3. The van der Waals surface area contributed by atoms with Gasteiger partial charge in [-0.25, -0.2) is 0 Å². The highest BCUT2D eigenvalue weighted by Gasteiger charge is 2.20. The van der Waals surface area contributed by atoms with Gasteiger partial charge in [-0.2, -0.15) is 0 Å². The van der Waals surface area contributed by atoms with E-state index in [1.807, 2.05) is 6.07 Å². The molecule has 2 heterocycles. The molecule has 302 valence electrons. The van der Waals surface area contributed by atoms with E-state index >= 15 is 0 Å². The van der Waals surface area contributed by atoms with Gasteiger partial charge in [0.05, 0.1) is 16.6 Å². The van der Waals surface area contributed by atoms with Crippen LogP contribution in [-0.4, -0.2) is 9.13 Å². The zero-order chi connectivity index (χ0) is 42.4. The molecule has 1 aliphatic rings. The molecule has 0 unspecified atom stereocenters.